The first-order valence-electron chi connectivity index (χ1n) is 5.87. The second-order valence-electron chi connectivity index (χ2n) is 4.09. The topological polar surface area (TPSA) is 24.9 Å². The van der Waals surface area contributed by atoms with Gasteiger partial charge in [0.2, 0.25) is 0 Å². The van der Waals surface area contributed by atoms with Crippen LogP contribution in [0.2, 0.25) is 0 Å². The molecule has 0 aliphatic heterocycles. The molecule has 16 heavy (non-hydrogen) atoms. The summed E-state index contributed by atoms with van der Waals surface area (Å²) in [5.41, 5.74) is 2.41. The molecule has 0 saturated heterocycles. The first kappa shape index (κ1) is 11.1. The highest BCUT2D eigenvalue weighted by atomic mass is 14.9. The van der Waals surface area contributed by atoms with E-state index in [0.29, 0.717) is 6.04 Å². The Bertz CT molecular complexity index is 465. The zero-order valence-corrected chi connectivity index (χ0v) is 9.90. The van der Waals surface area contributed by atoms with E-state index in [1.165, 1.54) is 17.4 Å². The molecule has 84 valence electrons. The fourth-order valence-corrected chi connectivity index (χ4v) is 2.07. The zero-order valence-electron chi connectivity index (χ0n) is 9.90. The highest BCUT2D eigenvalue weighted by Crippen LogP contribution is 2.21. The third-order valence-corrected chi connectivity index (χ3v) is 2.96. The minimum atomic E-state index is 0.441. The molecular formula is C14H18N2. The third-order valence-electron chi connectivity index (χ3n) is 2.96. The molecule has 2 rings (SSSR count). The Kier molecular flexibility index (Phi) is 3.52. The number of hydrogen-bond acceptors (Lipinski definition) is 2. The fourth-order valence-electron chi connectivity index (χ4n) is 2.07. The van der Waals surface area contributed by atoms with Gasteiger partial charge in [-0.1, -0.05) is 31.5 Å². The standard InChI is InChI=1S/C14H18N2/c1-3-5-13(15-2)12-8-7-11-6-4-9-16-14(11)10-12/h4,6-10,13,15H,3,5H2,1-2H3. The van der Waals surface area contributed by atoms with Crippen molar-refractivity contribution < 1.29 is 0 Å². The molecule has 0 amide bonds. The van der Waals surface area contributed by atoms with Gasteiger partial charge in [0.05, 0.1) is 5.52 Å². The number of nitrogens with one attached hydrogen (secondary N) is 1. The lowest BCUT2D eigenvalue weighted by molar-refractivity contribution is 0.542. The van der Waals surface area contributed by atoms with E-state index in [4.69, 9.17) is 0 Å². The monoisotopic (exact) mass is 214 g/mol. The van der Waals surface area contributed by atoms with Gasteiger partial charge in [0.25, 0.3) is 0 Å². The molecule has 1 N–H and O–H groups in total. The highest BCUT2D eigenvalue weighted by Gasteiger charge is 2.08. The molecule has 0 aliphatic rings. The van der Waals surface area contributed by atoms with Gasteiger partial charge in [-0.05, 0) is 31.2 Å². The highest BCUT2D eigenvalue weighted by molar-refractivity contribution is 5.78. The van der Waals surface area contributed by atoms with Crippen molar-refractivity contribution in [1.29, 1.82) is 0 Å². The van der Waals surface area contributed by atoms with Crippen molar-refractivity contribution in [2.24, 2.45) is 0 Å². The predicted octanol–water partition coefficient (Wildman–Crippen LogP) is 3.30. The van der Waals surface area contributed by atoms with E-state index in [1.807, 2.05) is 19.3 Å². The van der Waals surface area contributed by atoms with Crippen LogP contribution in [0.25, 0.3) is 10.9 Å². The van der Waals surface area contributed by atoms with Gasteiger partial charge in [0.1, 0.15) is 0 Å². The fraction of sp³-hybridized carbons (Fsp3) is 0.357. The molecule has 0 radical (unpaired) electrons. The summed E-state index contributed by atoms with van der Waals surface area (Å²) in [7, 11) is 2.02. The van der Waals surface area contributed by atoms with E-state index in [0.717, 1.165) is 11.9 Å². The average molecular weight is 214 g/mol. The van der Waals surface area contributed by atoms with Crippen LogP contribution in [0.1, 0.15) is 31.4 Å². The molecular weight excluding hydrogens is 196 g/mol. The molecule has 0 saturated carbocycles. The molecule has 1 aromatic carbocycles. The van der Waals surface area contributed by atoms with Crippen LogP contribution in [-0.2, 0) is 0 Å². The largest absolute Gasteiger partial charge is 0.313 e. The van der Waals surface area contributed by atoms with Crippen LogP contribution in [0.15, 0.2) is 36.5 Å². The van der Waals surface area contributed by atoms with Crippen LogP contribution in [0, 0.1) is 0 Å². The van der Waals surface area contributed by atoms with Crippen LogP contribution < -0.4 is 5.32 Å². The number of nitrogens with zero attached hydrogens (tertiary/aromatic N) is 1. The van der Waals surface area contributed by atoms with Crippen LogP contribution in [0.4, 0.5) is 0 Å². The summed E-state index contributed by atoms with van der Waals surface area (Å²) in [6, 6.07) is 11.0. The van der Waals surface area contributed by atoms with E-state index in [2.05, 4.69) is 41.5 Å². The molecule has 0 fully saturated rings. The minimum absolute atomic E-state index is 0.441. The maximum absolute atomic E-state index is 4.39. The molecule has 0 spiro atoms. The predicted molar refractivity (Wildman–Crippen MR) is 68.5 cm³/mol. The van der Waals surface area contributed by atoms with Crippen LogP contribution >= 0.6 is 0 Å². The zero-order chi connectivity index (χ0) is 11.4. The van der Waals surface area contributed by atoms with E-state index >= 15 is 0 Å². The van der Waals surface area contributed by atoms with E-state index in [9.17, 15) is 0 Å². The number of rotatable bonds is 4. The molecule has 1 aromatic heterocycles. The summed E-state index contributed by atoms with van der Waals surface area (Å²) in [5, 5.41) is 4.56. The lowest BCUT2D eigenvalue weighted by Gasteiger charge is -2.15. The normalized spacial score (nSPS) is 12.9. The summed E-state index contributed by atoms with van der Waals surface area (Å²) in [6.07, 6.45) is 4.20. The Balaban J connectivity index is 2.37. The lowest BCUT2D eigenvalue weighted by atomic mass is 10.0. The summed E-state index contributed by atoms with van der Waals surface area (Å²) < 4.78 is 0. The van der Waals surface area contributed by atoms with Crippen molar-refractivity contribution >= 4 is 10.9 Å². The molecule has 1 unspecified atom stereocenters. The first-order chi connectivity index (χ1) is 7.85. The summed E-state index contributed by atoms with van der Waals surface area (Å²) in [5.74, 6) is 0. The van der Waals surface area contributed by atoms with Gasteiger partial charge in [-0.3, -0.25) is 4.98 Å². The molecule has 0 bridgehead atoms. The smallest absolute Gasteiger partial charge is 0.0705 e. The van der Waals surface area contributed by atoms with Crippen molar-refractivity contribution in [1.82, 2.24) is 10.3 Å². The molecule has 2 aromatic rings. The van der Waals surface area contributed by atoms with Gasteiger partial charge in [0.15, 0.2) is 0 Å². The van der Waals surface area contributed by atoms with Gasteiger partial charge in [0, 0.05) is 17.6 Å². The first-order valence-corrected chi connectivity index (χ1v) is 5.87. The van der Waals surface area contributed by atoms with Gasteiger partial charge in [-0.2, -0.15) is 0 Å². The Hall–Kier alpha value is -1.41. The third kappa shape index (κ3) is 2.22. The van der Waals surface area contributed by atoms with Gasteiger partial charge in [-0.25, -0.2) is 0 Å². The quantitative estimate of drug-likeness (QED) is 0.844. The van der Waals surface area contributed by atoms with Gasteiger partial charge >= 0.3 is 0 Å². The summed E-state index contributed by atoms with van der Waals surface area (Å²) in [6.45, 7) is 2.21. The molecule has 1 heterocycles. The van der Waals surface area contributed by atoms with Crippen LogP contribution in [0.3, 0.4) is 0 Å². The van der Waals surface area contributed by atoms with Crippen molar-refractivity contribution in [3.05, 3.63) is 42.1 Å². The lowest BCUT2D eigenvalue weighted by Crippen LogP contribution is -2.15. The number of benzene rings is 1. The van der Waals surface area contributed by atoms with Gasteiger partial charge < -0.3 is 5.32 Å². The maximum Gasteiger partial charge on any atom is 0.0705 e. The Morgan fingerprint density at radius 3 is 2.94 bits per heavy atom. The number of aromatic nitrogens is 1. The number of hydrogen-bond donors (Lipinski definition) is 1. The molecule has 1 atom stereocenters. The average Bonchev–Trinajstić information content (AvgIpc) is 2.35. The van der Waals surface area contributed by atoms with E-state index in [-0.39, 0.29) is 0 Å². The number of pyridine rings is 1. The summed E-state index contributed by atoms with van der Waals surface area (Å²) in [4.78, 5) is 4.39. The summed E-state index contributed by atoms with van der Waals surface area (Å²) >= 11 is 0. The van der Waals surface area contributed by atoms with E-state index in [1.54, 1.807) is 0 Å². The maximum atomic E-state index is 4.39. The van der Waals surface area contributed by atoms with Gasteiger partial charge in [-0.15, -0.1) is 0 Å². The Morgan fingerprint density at radius 1 is 1.31 bits per heavy atom. The molecule has 2 heteroatoms. The SMILES string of the molecule is CCCC(NC)c1ccc2cccnc2c1. The van der Waals surface area contributed by atoms with E-state index < -0.39 is 0 Å². The number of fused-ring (bicyclic) bond motifs is 1. The van der Waals surface area contributed by atoms with Crippen LogP contribution in [-0.4, -0.2) is 12.0 Å². The minimum Gasteiger partial charge on any atom is -0.313 e. The second-order valence-corrected chi connectivity index (χ2v) is 4.09. The molecule has 0 aliphatic carbocycles. The molecule has 2 nitrogen and oxygen atoms in total. The van der Waals surface area contributed by atoms with Crippen LogP contribution in [0.5, 0.6) is 0 Å². The van der Waals surface area contributed by atoms with Crippen molar-refractivity contribution in [2.75, 3.05) is 7.05 Å². The Labute approximate surface area is 96.7 Å². The van der Waals surface area contributed by atoms with Crippen molar-refractivity contribution in [3.63, 3.8) is 0 Å². The second kappa shape index (κ2) is 5.08. The Morgan fingerprint density at radius 2 is 2.19 bits per heavy atom. The van der Waals surface area contributed by atoms with Crippen molar-refractivity contribution in [3.8, 4) is 0 Å². The van der Waals surface area contributed by atoms with Crippen molar-refractivity contribution in [2.45, 2.75) is 25.8 Å².